The highest BCUT2D eigenvalue weighted by Crippen LogP contribution is 2.51. The second kappa shape index (κ2) is 7.76. The number of carboxylic acids is 1. The molecule has 0 aromatic heterocycles. The quantitative estimate of drug-likeness (QED) is 0.682. The number of ether oxygens (including phenoxy) is 2. The van der Waals surface area contributed by atoms with Crippen molar-refractivity contribution >= 4 is 23.3 Å². The first-order valence-electron chi connectivity index (χ1n) is 9.04. The number of aromatic carboxylic acids is 1. The second-order valence-corrected chi connectivity index (χ2v) is 7.41. The Morgan fingerprint density at radius 2 is 2.10 bits per heavy atom. The molecule has 0 aliphatic carbocycles. The summed E-state index contributed by atoms with van der Waals surface area (Å²) in [6.07, 6.45) is 0.979. The van der Waals surface area contributed by atoms with Crippen LogP contribution in [0.2, 0.25) is 5.02 Å². The molecule has 154 valence electrons. The zero-order valence-corrected chi connectivity index (χ0v) is 15.8. The second-order valence-electron chi connectivity index (χ2n) is 7.01. The standard InChI is InChI=1S/C20H17ClF3NO4/c21-13-6-9(19(26)27)7-14(22)16(13)17-11-2-1-5-28-18(11)12-8-10(29-20(23)24)3-4-15(12)25-17/h3-4,6-8,11,17-18,20,25H,1-2,5H2,(H,26,27)/t11-,17+,18-/m1/s1. The fourth-order valence-electron chi connectivity index (χ4n) is 4.12. The Kier molecular flexibility index (Phi) is 5.31. The number of fused-ring (bicyclic) bond motifs is 3. The molecule has 2 aromatic rings. The molecule has 0 radical (unpaired) electrons. The molecule has 2 heterocycles. The van der Waals surface area contributed by atoms with Gasteiger partial charge in [-0.2, -0.15) is 8.78 Å². The molecule has 5 nitrogen and oxygen atoms in total. The Labute approximate surface area is 169 Å². The fraction of sp³-hybridized carbons (Fsp3) is 0.350. The predicted octanol–water partition coefficient (Wildman–Crippen LogP) is 5.41. The van der Waals surface area contributed by atoms with Crippen LogP contribution in [0.1, 0.15) is 46.5 Å². The van der Waals surface area contributed by atoms with Crippen molar-refractivity contribution in [2.24, 2.45) is 5.92 Å². The van der Waals surface area contributed by atoms with Crippen molar-refractivity contribution in [1.82, 2.24) is 0 Å². The van der Waals surface area contributed by atoms with Gasteiger partial charge < -0.3 is 19.9 Å². The van der Waals surface area contributed by atoms with Gasteiger partial charge in [0.1, 0.15) is 11.6 Å². The average Bonchev–Trinajstić information content (AvgIpc) is 2.67. The van der Waals surface area contributed by atoms with Crippen LogP contribution in [0.3, 0.4) is 0 Å². The summed E-state index contributed by atoms with van der Waals surface area (Å²) < 4.78 is 50.4. The minimum absolute atomic E-state index is 0.00493. The van der Waals surface area contributed by atoms with Crippen LogP contribution in [0.15, 0.2) is 30.3 Å². The first kappa shape index (κ1) is 19.8. The Morgan fingerprint density at radius 3 is 2.79 bits per heavy atom. The van der Waals surface area contributed by atoms with Gasteiger partial charge in [0.25, 0.3) is 0 Å². The summed E-state index contributed by atoms with van der Waals surface area (Å²) in [7, 11) is 0. The summed E-state index contributed by atoms with van der Waals surface area (Å²) in [6.45, 7) is -2.46. The van der Waals surface area contributed by atoms with E-state index in [0.717, 1.165) is 12.5 Å². The molecule has 0 saturated carbocycles. The molecule has 2 aromatic carbocycles. The van der Waals surface area contributed by atoms with Gasteiger partial charge >= 0.3 is 12.6 Å². The van der Waals surface area contributed by atoms with Gasteiger partial charge in [-0.25, -0.2) is 9.18 Å². The molecular weight excluding hydrogens is 411 g/mol. The fourth-order valence-corrected chi connectivity index (χ4v) is 4.44. The summed E-state index contributed by atoms with van der Waals surface area (Å²) in [6, 6.07) is 6.07. The van der Waals surface area contributed by atoms with E-state index in [1.807, 2.05) is 0 Å². The first-order valence-corrected chi connectivity index (χ1v) is 9.42. The van der Waals surface area contributed by atoms with Crippen molar-refractivity contribution in [3.8, 4) is 5.75 Å². The lowest BCUT2D eigenvalue weighted by Crippen LogP contribution is -2.36. The Morgan fingerprint density at radius 1 is 1.31 bits per heavy atom. The Bertz CT molecular complexity index is 932. The first-order chi connectivity index (χ1) is 13.8. The molecule has 1 saturated heterocycles. The molecule has 4 rings (SSSR count). The van der Waals surface area contributed by atoms with Crippen LogP contribution in [0.5, 0.6) is 5.75 Å². The Hall–Kier alpha value is -2.45. The van der Waals surface area contributed by atoms with E-state index in [1.165, 1.54) is 18.2 Å². The smallest absolute Gasteiger partial charge is 0.387 e. The van der Waals surface area contributed by atoms with Crippen molar-refractivity contribution in [1.29, 1.82) is 0 Å². The maximum Gasteiger partial charge on any atom is 0.387 e. The average molecular weight is 428 g/mol. The summed E-state index contributed by atoms with van der Waals surface area (Å²) in [5.41, 5.74) is 1.17. The van der Waals surface area contributed by atoms with Crippen molar-refractivity contribution in [3.05, 3.63) is 57.9 Å². The number of halogens is 4. The lowest BCUT2D eigenvalue weighted by molar-refractivity contribution is -0.0516. The Balaban J connectivity index is 1.76. The molecule has 1 fully saturated rings. The maximum atomic E-state index is 14.9. The number of rotatable bonds is 4. The minimum Gasteiger partial charge on any atom is -0.478 e. The van der Waals surface area contributed by atoms with Crippen LogP contribution >= 0.6 is 11.6 Å². The zero-order valence-electron chi connectivity index (χ0n) is 15.0. The SMILES string of the molecule is O=C(O)c1cc(F)c([C@H]2Nc3ccc(OC(F)F)cc3[C@@H]3OCCC[C@H]23)c(Cl)c1. The lowest BCUT2D eigenvalue weighted by atomic mass is 9.77. The molecule has 2 N–H and O–H groups in total. The molecular formula is C20H17ClF3NO4. The van der Waals surface area contributed by atoms with Crippen LogP contribution in [0.4, 0.5) is 18.9 Å². The van der Waals surface area contributed by atoms with Crippen LogP contribution in [-0.2, 0) is 4.74 Å². The lowest BCUT2D eigenvalue weighted by Gasteiger charge is -2.43. The van der Waals surface area contributed by atoms with Gasteiger partial charge in [-0.05, 0) is 43.2 Å². The minimum atomic E-state index is -2.94. The number of benzene rings is 2. The number of alkyl halides is 2. The van der Waals surface area contributed by atoms with Crippen molar-refractivity contribution in [3.63, 3.8) is 0 Å². The molecule has 3 atom stereocenters. The number of nitrogens with one attached hydrogen (secondary N) is 1. The van der Waals surface area contributed by atoms with Gasteiger partial charge in [0, 0.05) is 34.4 Å². The van der Waals surface area contributed by atoms with E-state index in [2.05, 4.69) is 10.1 Å². The van der Waals surface area contributed by atoms with Gasteiger partial charge in [0.15, 0.2) is 0 Å². The normalized spacial score (nSPS) is 23.1. The van der Waals surface area contributed by atoms with Gasteiger partial charge in [-0.15, -0.1) is 0 Å². The summed E-state index contributed by atoms with van der Waals surface area (Å²) in [4.78, 5) is 11.2. The van der Waals surface area contributed by atoms with Gasteiger partial charge in [0.2, 0.25) is 0 Å². The van der Waals surface area contributed by atoms with E-state index >= 15 is 0 Å². The van der Waals surface area contributed by atoms with Gasteiger partial charge in [0.05, 0.1) is 17.7 Å². The summed E-state index contributed by atoms with van der Waals surface area (Å²) >= 11 is 6.27. The van der Waals surface area contributed by atoms with E-state index in [9.17, 15) is 18.0 Å². The molecule has 29 heavy (non-hydrogen) atoms. The van der Waals surface area contributed by atoms with Crippen molar-refractivity contribution in [2.45, 2.75) is 31.6 Å². The molecule has 0 unspecified atom stereocenters. The zero-order chi connectivity index (χ0) is 20.7. The molecule has 0 amide bonds. The summed E-state index contributed by atoms with van der Waals surface area (Å²) in [5, 5.41) is 12.3. The molecule has 2 aliphatic rings. The predicted molar refractivity (Wildman–Crippen MR) is 99.2 cm³/mol. The number of hydrogen-bond donors (Lipinski definition) is 2. The van der Waals surface area contributed by atoms with Crippen LogP contribution in [0.25, 0.3) is 0 Å². The maximum absolute atomic E-state index is 14.9. The van der Waals surface area contributed by atoms with Crippen LogP contribution in [0, 0.1) is 11.7 Å². The third-order valence-electron chi connectivity index (χ3n) is 5.30. The third kappa shape index (κ3) is 3.74. The van der Waals surface area contributed by atoms with Gasteiger partial charge in [-0.3, -0.25) is 0 Å². The number of anilines is 1. The molecule has 9 heteroatoms. The van der Waals surface area contributed by atoms with Crippen molar-refractivity contribution < 1.29 is 32.5 Å². The molecule has 2 aliphatic heterocycles. The number of carbonyl (C=O) groups is 1. The van der Waals surface area contributed by atoms with Crippen molar-refractivity contribution in [2.75, 3.05) is 11.9 Å². The summed E-state index contributed by atoms with van der Waals surface area (Å²) in [5.74, 6) is -2.20. The van der Waals surface area contributed by atoms with E-state index in [0.29, 0.717) is 24.3 Å². The number of hydrogen-bond acceptors (Lipinski definition) is 4. The van der Waals surface area contributed by atoms with Crippen LogP contribution in [-0.4, -0.2) is 24.3 Å². The number of carboxylic acid groups (broad SMARTS) is 1. The van der Waals surface area contributed by atoms with Crippen LogP contribution < -0.4 is 10.1 Å². The van der Waals surface area contributed by atoms with E-state index in [4.69, 9.17) is 21.4 Å². The topological polar surface area (TPSA) is 67.8 Å². The van der Waals surface area contributed by atoms with E-state index < -0.39 is 30.5 Å². The highest BCUT2D eigenvalue weighted by atomic mass is 35.5. The van der Waals surface area contributed by atoms with E-state index in [1.54, 1.807) is 6.07 Å². The largest absolute Gasteiger partial charge is 0.478 e. The highest BCUT2D eigenvalue weighted by molar-refractivity contribution is 6.31. The monoisotopic (exact) mass is 427 g/mol. The van der Waals surface area contributed by atoms with E-state index in [-0.39, 0.29) is 27.8 Å². The highest BCUT2D eigenvalue weighted by Gasteiger charge is 2.42. The van der Waals surface area contributed by atoms with Gasteiger partial charge in [-0.1, -0.05) is 11.6 Å². The third-order valence-corrected chi connectivity index (χ3v) is 5.61. The molecule has 0 spiro atoms. The molecule has 0 bridgehead atoms.